The first-order chi connectivity index (χ1) is 11.2. The third-order valence-electron chi connectivity index (χ3n) is 3.80. The summed E-state index contributed by atoms with van der Waals surface area (Å²) in [6.07, 6.45) is 10.2. The van der Waals surface area contributed by atoms with Crippen LogP contribution in [0.4, 0.5) is 0 Å². The Morgan fingerprint density at radius 2 is 2.35 bits per heavy atom. The van der Waals surface area contributed by atoms with E-state index in [1.54, 1.807) is 43.8 Å². The lowest BCUT2D eigenvalue weighted by Gasteiger charge is -2.30. The van der Waals surface area contributed by atoms with Crippen LogP contribution in [0.5, 0.6) is 0 Å². The van der Waals surface area contributed by atoms with E-state index < -0.39 is 11.4 Å². The molecule has 0 amide bonds. The number of carbonyl (C=O) groups excluding carboxylic acids is 1. The van der Waals surface area contributed by atoms with Gasteiger partial charge in [0.1, 0.15) is 23.5 Å². The van der Waals surface area contributed by atoms with Crippen molar-refractivity contribution >= 4 is 24.1 Å². The molecule has 0 N–H and O–H groups in total. The monoisotopic (exact) mass is 308 g/mol. The first kappa shape index (κ1) is 13.6. The van der Waals surface area contributed by atoms with Crippen molar-refractivity contribution in [1.29, 1.82) is 0 Å². The van der Waals surface area contributed by atoms with Gasteiger partial charge in [-0.25, -0.2) is 0 Å². The molecule has 1 aromatic heterocycles. The molecule has 0 aromatic carbocycles. The van der Waals surface area contributed by atoms with Crippen LogP contribution in [0.1, 0.15) is 11.5 Å². The predicted molar refractivity (Wildman–Crippen MR) is 83.2 cm³/mol. The summed E-state index contributed by atoms with van der Waals surface area (Å²) in [7, 11) is 0. The molecule has 3 heterocycles. The van der Waals surface area contributed by atoms with Crippen LogP contribution < -0.4 is 0 Å². The number of allylic oxidation sites excluding steroid dienone is 3. The van der Waals surface area contributed by atoms with Crippen molar-refractivity contribution in [2.24, 2.45) is 20.6 Å². The second-order valence-electron chi connectivity index (χ2n) is 5.40. The zero-order valence-corrected chi connectivity index (χ0v) is 12.3. The molecular formula is C16H12N4O3. The second-order valence-corrected chi connectivity index (χ2v) is 5.40. The van der Waals surface area contributed by atoms with Crippen LogP contribution in [0.15, 0.2) is 61.4 Å². The van der Waals surface area contributed by atoms with E-state index in [4.69, 9.17) is 9.26 Å². The molecule has 3 aliphatic rings. The van der Waals surface area contributed by atoms with Crippen LogP contribution in [-0.2, 0) is 16.1 Å². The fourth-order valence-corrected chi connectivity index (χ4v) is 2.65. The smallest absolute Gasteiger partial charge is 0.326 e. The number of nitrogens with zero attached hydrogens (tertiary/aromatic N) is 4. The van der Waals surface area contributed by atoms with E-state index in [1.807, 2.05) is 6.08 Å². The summed E-state index contributed by atoms with van der Waals surface area (Å²) in [4.78, 5) is 16.9. The van der Waals surface area contributed by atoms with Crippen molar-refractivity contribution in [2.45, 2.75) is 13.5 Å². The van der Waals surface area contributed by atoms with Gasteiger partial charge in [-0.05, 0) is 30.7 Å². The van der Waals surface area contributed by atoms with Crippen molar-refractivity contribution in [3.63, 3.8) is 0 Å². The highest BCUT2D eigenvalue weighted by Crippen LogP contribution is 2.38. The molecule has 114 valence electrons. The highest BCUT2D eigenvalue weighted by molar-refractivity contribution is 6.27. The molecule has 0 fully saturated rings. The van der Waals surface area contributed by atoms with Crippen LogP contribution in [-0.4, -0.2) is 29.3 Å². The van der Waals surface area contributed by atoms with Crippen LogP contribution in [0, 0.1) is 12.3 Å². The number of aliphatic imine (C=N–C) groups is 1. The molecule has 1 aromatic rings. The molecule has 1 atom stereocenters. The lowest BCUT2D eigenvalue weighted by Crippen LogP contribution is -2.38. The summed E-state index contributed by atoms with van der Waals surface area (Å²) in [5.41, 5.74) is 1.77. The van der Waals surface area contributed by atoms with Crippen molar-refractivity contribution in [3.8, 4) is 0 Å². The van der Waals surface area contributed by atoms with E-state index in [1.165, 1.54) is 0 Å². The van der Waals surface area contributed by atoms with Crippen LogP contribution >= 0.6 is 0 Å². The van der Waals surface area contributed by atoms with Crippen molar-refractivity contribution in [1.82, 2.24) is 5.16 Å². The first-order valence-electron chi connectivity index (χ1n) is 7.04. The van der Waals surface area contributed by atoms with Gasteiger partial charge in [-0.2, -0.15) is 10.2 Å². The summed E-state index contributed by atoms with van der Waals surface area (Å²) in [6.45, 7) is 1.82. The van der Waals surface area contributed by atoms with Crippen molar-refractivity contribution in [2.75, 3.05) is 0 Å². The van der Waals surface area contributed by atoms with Gasteiger partial charge in [-0.15, -0.1) is 0 Å². The van der Waals surface area contributed by atoms with E-state index in [-0.39, 0.29) is 6.61 Å². The summed E-state index contributed by atoms with van der Waals surface area (Å²) in [5, 5.41) is 11.7. The Morgan fingerprint density at radius 1 is 1.43 bits per heavy atom. The fraction of sp³-hybridized carbons (Fsp3) is 0.188. The molecule has 23 heavy (non-hydrogen) atoms. The van der Waals surface area contributed by atoms with Gasteiger partial charge >= 0.3 is 5.97 Å². The molecule has 4 rings (SSSR count). The summed E-state index contributed by atoms with van der Waals surface area (Å²) >= 11 is 0. The van der Waals surface area contributed by atoms with E-state index in [0.29, 0.717) is 11.5 Å². The van der Waals surface area contributed by atoms with Crippen LogP contribution in [0.2, 0.25) is 0 Å². The molecule has 7 heteroatoms. The van der Waals surface area contributed by atoms with E-state index in [2.05, 4.69) is 20.4 Å². The number of ether oxygens (including phenoxy) is 1. The minimum Gasteiger partial charge on any atom is -0.458 e. The predicted octanol–water partition coefficient (Wildman–Crippen LogP) is 1.92. The van der Waals surface area contributed by atoms with Gasteiger partial charge in [-0.1, -0.05) is 5.16 Å². The van der Waals surface area contributed by atoms with Gasteiger partial charge in [0.25, 0.3) is 0 Å². The molecule has 0 bridgehead atoms. The van der Waals surface area contributed by atoms with Gasteiger partial charge in [0.15, 0.2) is 0 Å². The highest BCUT2D eigenvalue weighted by atomic mass is 16.5. The summed E-state index contributed by atoms with van der Waals surface area (Å²) < 4.78 is 10.4. The molecule has 0 saturated carbocycles. The maximum Gasteiger partial charge on any atom is 0.326 e. The van der Waals surface area contributed by atoms with E-state index >= 15 is 0 Å². The topological polar surface area (TPSA) is 89.4 Å². The minimum absolute atomic E-state index is 0.0426. The maximum absolute atomic E-state index is 12.7. The van der Waals surface area contributed by atoms with Gasteiger partial charge in [0.05, 0.1) is 11.9 Å². The van der Waals surface area contributed by atoms with Crippen LogP contribution in [0.25, 0.3) is 0 Å². The summed E-state index contributed by atoms with van der Waals surface area (Å²) in [5.74, 6) is 0.240. The number of aromatic nitrogens is 1. The normalized spacial score (nSPS) is 23.8. The Bertz CT molecular complexity index is 870. The van der Waals surface area contributed by atoms with Gasteiger partial charge < -0.3 is 9.26 Å². The Balaban J connectivity index is 1.63. The first-order valence-corrected chi connectivity index (χ1v) is 7.04. The van der Waals surface area contributed by atoms with Crippen molar-refractivity contribution in [3.05, 3.63) is 53.1 Å². The highest BCUT2D eigenvalue weighted by Gasteiger charge is 2.44. The largest absolute Gasteiger partial charge is 0.458 e. The van der Waals surface area contributed by atoms with Crippen LogP contribution in [0.3, 0.4) is 0 Å². The fourth-order valence-electron chi connectivity index (χ4n) is 2.65. The van der Waals surface area contributed by atoms with Gasteiger partial charge in [-0.3, -0.25) is 9.79 Å². The standard InChI is InChI=1S/C16H12N4O3/c1-10-4-13(20-23-10)8-22-15(21)16-6-11-7-18-19-14(11)5-12(16)2-3-17-9-16/h2-7,9H,8H2,1H3. The minimum atomic E-state index is -1.06. The maximum atomic E-state index is 12.7. The molecule has 0 spiro atoms. The van der Waals surface area contributed by atoms with Gasteiger partial charge in [0, 0.05) is 24.1 Å². The number of hydrogen-bond acceptors (Lipinski definition) is 7. The number of carbonyl (C=O) groups is 1. The second kappa shape index (κ2) is 4.98. The Labute approximate surface area is 131 Å². The molecule has 7 nitrogen and oxygen atoms in total. The molecule has 1 unspecified atom stereocenters. The number of hydrogen-bond donors (Lipinski definition) is 0. The van der Waals surface area contributed by atoms with E-state index in [9.17, 15) is 4.79 Å². The average Bonchev–Trinajstić information content (AvgIpc) is 3.18. The third kappa shape index (κ3) is 2.17. The Hall–Kier alpha value is -3.09. The molecular weight excluding hydrogens is 296 g/mol. The number of aryl methyl sites for hydroxylation is 1. The van der Waals surface area contributed by atoms with Gasteiger partial charge in [0.2, 0.25) is 0 Å². The lowest BCUT2D eigenvalue weighted by atomic mass is 9.74. The average molecular weight is 308 g/mol. The zero-order chi connectivity index (χ0) is 15.9. The summed E-state index contributed by atoms with van der Waals surface area (Å²) in [6, 6.07) is 1.73. The Kier molecular flexibility index (Phi) is 2.94. The quantitative estimate of drug-likeness (QED) is 0.798. The number of fused-ring (bicyclic) bond motifs is 2. The molecule has 1 aliphatic carbocycles. The SMILES string of the molecule is Cc1cc(COC(=O)C23C=NC=CC2=CC2=NN=CC2=C3)no1. The number of rotatable bonds is 3. The molecule has 2 aliphatic heterocycles. The number of esters is 1. The molecule has 0 saturated heterocycles. The van der Waals surface area contributed by atoms with E-state index in [0.717, 1.165) is 16.9 Å². The zero-order valence-electron chi connectivity index (χ0n) is 12.3. The lowest BCUT2D eigenvalue weighted by molar-refractivity contribution is -0.149. The van der Waals surface area contributed by atoms with Crippen molar-refractivity contribution < 1.29 is 14.1 Å². The molecule has 0 radical (unpaired) electrons. The third-order valence-corrected chi connectivity index (χ3v) is 3.80. The Morgan fingerprint density at radius 3 is 3.17 bits per heavy atom.